The lowest BCUT2D eigenvalue weighted by Crippen LogP contribution is -2.12. The van der Waals surface area contributed by atoms with Gasteiger partial charge in [-0.15, -0.1) is 0 Å². The Morgan fingerprint density at radius 1 is 1.15 bits per heavy atom. The van der Waals surface area contributed by atoms with Crippen LogP contribution in [0, 0.1) is 11.3 Å². The van der Waals surface area contributed by atoms with E-state index in [-0.39, 0.29) is 5.78 Å². The molecule has 0 aliphatic rings. The number of hydrogen-bond acceptors (Lipinski definition) is 2. The molecular formula is C15H8Br2ClNO. The second-order valence-corrected chi connectivity index (χ2v) is 6.34. The van der Waals surface area contributed by atoms with Crippen molar-refractivity contribution in [1.82, 2.24) is 0 Å². The summed E-state index contributed by atoms with van der Waals surface area (Å²) in [7, 11) is 0. The van der Waals surface area contributed by atoms with Crippen LogP contribution in [0.4, 0.5) is 0 Å². The summed E-state index contributed by atoms with van der Waals surface area (Å²) in [6.45, 7) is 0. The third kappa shape index (κ3) is 3.29. The highest BCUT2D eigenvalue weighted by atomic mass is 79.9. The van der Waals surface area contributed by atoms with Crippen LogP contribution in [0.1, 0.15) is 21.8 Å². The number of Topliss-reactive ketones (excluding diaryl/α,β-unsaturated/α-hetero) is 1. The van der Waals surface area contributed by atoms with Gasteiger partial charge in [0.2, 0.25) is 0 Å². The molecule has 0 N–H and O–H groups in total. The van der Waals surface area contributed by atoms with Gasteiger partial charge in [0.1, 0.15) is 5.92 Å². The Morgan fingerprint density at radius 3 is 2.50 bits per heavy atom. The highest BCUT2D eigenvalue weighted by molar-refractivity contribution is 9.10. The van der Waals surface area contributed by atoms with Crippen LogP contribution in [-0.2, 0) is 0 Å². The predicted octanol–water partition coefficient (Wildman–Crippen LogP) is 5.36. The van der Waals surface area contributed by atoms with Gasteiger partial charge in [-0.2, -0.15) is 5.26 Å². The Bertz CT molecular complexity index is 709. The zero-order valence-corrected chi connectivity index (χ0v) is 14.0. The lowest BCUT2D eigenvalue weighted by Gasteiger charge is -2.10. The van der Waals surface area contributed by atoms with Gasteiger partial charge in [0.25, 0.3) is 0 Å². The summed E-state index contributed by atoms with van der Waals surface area (Å²) in [5.41, 5.74) is 0.982. The third-order valence-corrected chi connectivity index (χ3v) is 4.08. The first-order valence-corrected chi connectivity index (χ1v) is 7.63. The fourth-order valence-corrected chi connectivity index (χ4v) is 2.80. The molecule has 1 unspecified atom stereocenters. The molecule has 5 heteroatoms. The molecule has 0 amide bonds. The van der Waals surface area contributed by atoms with E-state index < -0.39 is 5.92 Å². The standard InChI is InChI=1S/C15H8Br2ClNO/c16-10-3-1-2-9(6-10)13(8-19)15(20)12-7-11(17)4-5-14(12)18/h1-7,13H. The number of carbonyl (C=O) groups excluding carboxylic acids is 1. The van der Waals surface area contributed by atoms with Crippen LogP contribution in [0.5, 0.6) is 0 Å². The molecule has 0 radical (unpaired) electrons. The van der Waals surface area contributed by atoms with Crippen LogP contribution in [-0.4, -0.2) is 5.78 Å². The molecule has 0 aliphatic carbocycles. The van der Waals surface area contributed by atoms with Gasteiger partial charge in [-0.05, 0) is 35.9 Å². The Morgan fingerprint density at radius 2 is 1.85 bits per heavy atom. The third-order valence-electron chi connectivity index (χ3n) is 2.77. The number of nitrogens with zero attached hydrogens (tertiary/aromatic N) is 1. The summed E-state index contributed by atoms with van der Waals surface area (Å²) < 4.78 is 1.57. The van der Waals surface area contributed by atoms with Crippen LogP contribution in [0.2, 0.25) is 5.02 Å². The van der Waals surface area contributed by atoms with Crippen molar-refractivity contribution in [1.29, 1.82) is 5.26 Å². The second-order valence-electron chi connectivity index (χ2n) is 4.11. The zero-order chi connectivity index (χ0) is 14.7. The van der Waals surface area contributed by atoms with Gasteiger partial charge in [0, 0.05) is 14.5 Å². The topological polar surface area (TPSA) is 40.9 Å². The molecule has 0 spiro atoms. The molecule has 0 aliphatic heterocycles. The maximum atomic E-state index is 12.5. The minimum atomic E-state index is -0.876. The quantitative estimate of drug-likeness (QED) is 0.636. The molecule has 2 nitrogen and oxygen atoms in total. The van der Waals surface area contributed by atoms with Crippen molar-refractivity contribution in [3.8, 4) is 6.07 Å². The molecule has 2 aromatic rings. The number of benzene rings is 2. The first kappa shape index (κ1) is 15.2. The van der Waals surface area contributed by atoms with Gasteiger partial charge in [0.15, 0.2) is 5.78 Å². The summed E-state index contributed by atoms with van der Waals surface area (Å²) in [5, 5.41) is 9.66. The Labute approximate surface area is 138 Å². The molecule has 0 saturated heterocycles. The van der Waals surface area contributed by atoms with E-state index in [1.807, 2.05) is 12.1 Å². The first-order valence-electron chi connectivity index (χ1n) is 5.67. The average Bonchev–Trinajstić information content (AvgIpc) is 2.42. The normalized spacial score (nSPS) is 11.7. The predicted molar refractivity (Wildman–Crippen MR) is 86.0 cm³/mol. The van der Waals surface area contributed by atoms with Crippen LogP contribution < -0.4 is 0 Å². The number of nitriles is 1. The largest absolute Gasteiger partial charge is 0.292 e. The van der Waals surface area contributed by atoms with E-state index in [0.29, 0.717) is 16.1 Å². The molecule has 2 aromatic carbocycles. The number of hydrogen-bond donors (Lipinski definition) is 0. The lowest BCUT2D eigenvalue weighted by atomic mass is 9.92. The van der Waals surface area contributed by atoms with Crippen LogP contribution in [0.25, 0.3) is 0 Å². The fourth-order valence-electron chi connectivity index (χ4n) is 1.81. The van der Waals surface area contributed by atoms with Crippen molar-refractivity contribution in [3.05, 3.63) is 67.6 Å². The van der Waals surface area contributed by atoms with Gasteiger partial charge in [-0.25, -0.2) is 0 Å². The molecule has 20 heavy (non-hydrogen) atoms. The van der Waals surface area contributed by atoms with Crippen molar-refractivity contribution in [3.63, 3.8) is 0 Å². The molecule has 0 bridgehead atoms. The van der Waals surface area contributed by atoms with E-state index >= 15 is 0 Å². The highest BCUT2D eigenvalue weighted by Gasteiger charge is 2.24. The Hall–Kier alpha value is -1.15. The van der Waals surface area contributed by atoms with Gasteiger partial charge in [-0.1, -0.05) is 55.6 Å². The van der Waals surface area contributed by atoms with E-state index in [0.717, 1.165) is 8.95 Å². The fraction of sp³-hybridized carbons (Fsp3) is 0.0667. The van der Waals surface area contributed by atoms with E-state index in [2.05, 4.69) is 31.9 Å². The van der Waals surface area contributed by atoms with Crippen LogP contribution >= 0.6 is 43.5 Å². The summed E-state index contributed by atoms with van der Waals surface area (Å²) >= 11 is 12.7. The average molecular weight is 413 g/mol. The van der Waals surface area contributed by atoms with Gasteiger partial charge < -0.3 is 0 Å². The SMILES string of the molecule is N#CC(C(=O)c1cc(Br)ccc1Cl)c1cccc(Br)c1. The van der Waals surface area contributed by atoms with E-state index in [1.165, 1.54) is 0 Å². The second kappa shape index (κ2) is 6.53. The number of ketones is 1. The Balaban J connectivity index is 2.45. The molecule has 0 fully saturated rings. The monoisotopic (exact) mass is 411 g/mol. The molecule has 0 saturated carbocycles. The smallest absolute Gasteiger partial charge is 0.185 e. The van der Waals surface area contributed by atoms with Crippen molar-refractivity contribution in [2.75, 3.05) is 0 Å². The molecule has 1 atom stereocenters. The molecule has 2 rings (SSSR count). The van der Waals surface area contributed by atoms with Gasteiger partial charge >= 0.3 is 0 Å². The van der Waals surface area contributed by atoms with Crippen LogP contribution in [0.15, 0.2) is 51.4 Å². The molecule has 0 heterocycles. The summed E-state index contributed by atoms with van der Waals surface area (Å²) in [6.07, 6.45) is 0. The minimum absolute atomic E-state index is 0.308. The molecule has 0 aromatic heterocycles. The first-order chi connectivity index (χ1) is 9.52. The lowest BCUT2D eigenvalue weighted by molar-refractivity contribution is 0.0979. The maximum Gasteiger partial charge on any atom is 0.185 e. The molecular weight excluding hydrogens is 405 g/mol. The highest BCUT2D eigenvalue weighted by Crippen LogP contribution is 2.28. The van der Waals surface area contributed by atoms with Crippen molar-refractivity contribution < 1.29 is 4.79 Å². The van der Waals surface area contributed by atoms with Crippen LogP contribution in [0.3, 0.4) is 0 Å². The van der Waals surface area contributed by atoms with E-state index in [9.17, 15) is 10.1 Å². The number of rotatable bonds is 3. The molecule has 100 valence electrons. The number of carbonyl (C=O) groups is 1. The van der Waals surface area contributed by atoms with Gasteiger partial charge in [-0.3, -0.25) is 4.79 Å². The zero-order valence-electron chi connectivity index (χ0n) is 10.1. The van der Waals surface area contributed by atoms with E-state index in [4.69, 9.17) is 11.6 Å². The summed E-state index contributed by atoms with van der Waals surface area (Å²) in [4.78, 5) is 12.5. The number of halogens is 3. The van der Waals surface area contributed by atoms with Gasteiger partial charge in [0.05, 0.1) is 11.1 Å². The van der Waals surface area contributed by atoms with E-state index in [1.54, 1.807) is 36.4 Å². The minimum Gasteiger partial charge on any atom is -0.292 e. The summed E-state index contributed by atoms with van der Waals surface area (Å²) in [6, 6.07) is 14.2. The van der Waals surface area contributed by atoms with Crippen molar-refractivity contribution in [2.45, 2.75) is 5.92 Å². The summed E-state index contributed by atoms with van der Waals surface area (Å²) in [5.74, 6) is -1.18. The van der Waals surface area contributed by atoms with Crippen molar-refractivity contribution >= 4 is 49.2 Å². The maximum absolute atomic E-state index is 12.5. The van der Waals surface area contributed by atoms with Crippen molar-refractivity contribution in [2.24, 2.45) is 0 Å². The Kier molecular flexibility index (Phi) is 4.98.